The van der Waals surface area contributed by atoms with Crippen molar-refractivity contribution >= 4 is 28.8 Å². The molecule has 2 aromatic rings. The van der Waals surface area contributed by atoms with Gasteiger partial charge in [0.15, 0.2) is 0 Å². The van der Waals surface area contributed by atoms with E-state index >= 15 is 0 Å². The molecule has 0 aliphatic carbocycles. The van der Waals surface area contributed by atoms with E-state index in [1.807, 2.05) is 29.9 Å². The van der Waals surface area contributed by atoms with Crippen LogP contribution in [0, 0.1) is 0 Å². The minimum Gasteiger partial charge on any atom is -0.329 e. The Bertz CT molecular complexity index is 618. The molecule has 0 bridgehead atoms. The first-order valence-electron chi connectivity index (χ1n) is 7.12. The number of aromatic nitrogens is 3. The van der Waals surface area contributed by atoms with E-state index in [0.717, 1.165) is 11.3 Å². The maximum Gasteiger partial charge on any atom is 0.238 e. The Kier molecular flexibility index (Phi) is 5.24. The van der Waals surface area contributed by atoms with Crippen molar-refractivity contribution in [1.29, 1.82) is 0 Å². The molecular formula is C15H21ClN4OS. The van der Waals surface area contributed by atoms with E-state index in [1.165, 1.54) is 0 Å². The van der Waals surface area contributed by atoms with Crippen LogP contribution in [0.4, 0.5) is 0 Å². The molecule has 0 spiro atoms. The average Bonchev–Trinajstić information content (AvgIpc) is 3.13. The van der Waals surface area contributed by atoms with Crippen LogP contribution >= 0.6 is 22.9 Å². The molecule has 2 heterocycles. The number of alkyl halides is 1. The highest BCUT2D eigenvalue weighted by Gasteiger charge is 2.23. The zero-order chi connectivity index (χ0) is 16.3. The fourth-order valence-corrected chi connectivity index (χ4v) is 2.98. The van der Waals surface area contributed by atoms with Gasteiger partial charge in [0.1, 0.15) is 11.6 Å². The highest BCUT2D eigenvalue weighted by atomic mass is 35.5. The Morgan fingerprint density at radius 1 is 1.50 bits per heavy atom. The van der Waals surface area contributed by atoms with E-state index in [1.54, 1.807) is 20.9 Å². The van der Waals surface area contributed by atoms with Gasteiger partial charge in [0.25, 0.3) is 0 Å². The van der Waals surface area contributed by atoms with E-state index < -0.39 is 0 Å². The van der Waals surface area contributed by atoms with Gasteiger partial charge in [-0.3, -0.25) is 4.79 Å². The van der Waals surface area contributed by atoms with Crippen molar-refractivity contribution in [3.05, 3.63) is 34.3 Å². The lowest BCUT2D eigenvalue weighted by Crippen LogP contribution is -2.34. The van der Waals surface area contributed by atoms with Gasteiger partial charge in [-0.05, 0) is 50.1 Å². The highest BCUT2D eigenvalue weighted by Crippen LogP contribution is 2.24. The number of nitrogens with zero attached hydrogens (tertiary/aromatic N) is 4. The van der Waals surface area contributed by atoms with Crippen molar-refractivity contribution < 1.29 is 4.79 Å². The minimum atomic E-state index is -0.133. The summed E-state index contributed by atoms with van der Waals surface area (Å²) < 4.78 is 1.81. The molecule has 2 aromatic heterocycles. The molecule has 0 aliphatic rings. The molecule has 0 aliphatic heterocycles. The molecule has 1 amide bonds. The van der Waals surface area contributed by atoms with Crippen LogP contribution in [-0.2, 0) is 16.9 Å². The number of thiophene rings is 1. The Morgan fingerprint density at radius 2 is 2.23 bits per heavy atom. The van der Waals surface area contributed by atoms with Gasteiger partial charge < -0.3 is 4.90 Å². The third-order valence-corrected chi connectivity index (χ3v) is 4.42. The van der Waals surface area contributed by atoms with Gasteiger partial charge in [0, 0.05) is 0 Å². The Balaban J connectivity index is 2.20. The number of carbonyl (C=O) groups is 1. The first-order chi connectivity index (χ1) is 10.3. The highest BCUT2D eigenvalue weighted by molar-refractivity contribution is 7.07. The van der Waals surface area contributed by atoms with Crippen molar-refractivity contribution in [2.24, 2.45) is 0 Å². The van der Waals surface area contributed by atoms with Gasteiger partial charge >= 0.3 is 0 Å². The topological polar surface area (TPSA) is 51.0 Å². The summed E-state index contributed by atoms with van der Waals surface area (Å²) in [5, 5.41) is 12.4. The van der Waals surface area contributed by atoms with E-state index in [9.17, 15) is 4.79 Å². The summed E-state index contributed by atoms with van der Waals surface area (Å²) in [6.45, 7) is 8.57. The van der Waals surface area contributed by atoms with Crippen molar-refractivity contribution in [2.75, 3.05) is 5.88 Å². The lowest BCUT2D eigenvalue weighted by molar-refractivity contribution is -0.131. The second-order valence-electron chi connectivity index (χ2n) is 6.21. The molecule has 2 rings (SSSR count). The maximum absolute atomic E-state index is 12.2. The molecular weight excluding hydrogens is 320 g/mol. The van der Waals surface area contributed by atoms with Crippen molar-refractivity contribution in [3.8, 4) is 0 Å². The second kappa shape index (κ2) is 6.79. The lowest BCUT2D eigenvalue weighted by Gasteiger charge is -2.27. The standard InChI is InChI=1S/C15H21ClN4OS/c1-11(12-5-6-22-10-12)19(14(21)7-16)8-13-9-20(18-17-13)15(2,3)4/h5-6,9-11H,7-8H2,1-4H3. The van der Waals surface area contributed by atoms with Crippen LogP contribution < -0.4 is 0 Å². The summed E-state index contributed by atoms with van der Waals surface area (Å²) in [7, 11) is 0. The molecule has 1 atom stereocenters. The monoisotopic (exact) mass is 340 g/mol. The lowest BCUT2D eigenvalue weighted by atomic mass is 10.1. The van der Waals surface area contributed by atoms with Crippen LogP contribution in [0.1, 0.15) is 45.0 Å². The van der Waals surface area contributed by atoms with E-state index in [0.29, 0.717) is 6.54 Å². The Labute approximate surface area is 139 Å². The molecule has 0 aromatic carbocycles. The van der Waals surface area contributed by atoms with Crippen LogP contribution in [0.15, 0.2) is 23.0 Å². The zero-order valence-electron chi connectivity index (χ0n) is 13.3. The van der Waals surface area contributed by atoms with E-state index in [2.05, 4.69) is 31.1 Å². The predicted molar refractivity (Wildman–Crippen MR) is 89.0 cm³/mol. The summed E-state index contributed by atoms with van der Waals surface area (Å²) in [6, 6.07) is 1.98. The second-order valence-corrected chi connectivity index (χ2v) is 7.26. The predicted octanol–water partition coefficient (Wildman–Crippen LogP) is 3.42. The summed E-state index contributed by atoms with van der Waals surface area (Å²) in [5.41, 5.74) is 1.73. The van der Waals surface area contributed by atoms with Gasteiger partial charge in [-0.1, -0.05) is 5.21 Å². The van der Waals surface area contributed by atoms with Crippen molar-refractivity contribution in [1.82, 2.24) is 19.9 Å². The minimum absolute atomic E-state index is 0.0398. The Morgan fingerprint density at radius 3 is 2.73 bits per heavy atom. The van der Waals surface area contributed by atoms with Crippen molar-refractivity contribution in [2.45, 2.75) is 45.8 Å². The van der Waals surface area contributed by atoms with Gasteiger partial charge in [-0.15, -0.1) is 16.7 Å². The van der Waals surface area contributed by atoms with Crippen LogP contribution in [0.5, 0.6) is 0 Å². The quantitative estimate of drug-likeness (QED) is 0.783. The summed E-state index contributed by atoms with van der Waals surface area (Å²) in [6.07, 6.45) is 1.88. The smallest absolute Gasteiger partial charge is 0.238 e. The van der Waals surface area contributed by atoms with Crippen LogP contribution in [0.2, 0.25) is 0 Å². The van der Waals surface area contributed by atoms with Gasteiger partial charge in [-0.25, -0.2) is 4.68 Å². The third kappa shape index (κ3) is 3.87. The first-order valence-corrected chi connectivity index (χ1v) is 8.60. The maximum atomic E-state index is 12.2. The van der Waals surface area contributed by atoms with Crippen LogP contribution in [0.25, 0.3) is 0 Å². The van der Waals surface area contributed by atoms with Gasteiger partial charge in [0.2, 0.25) is 5.91 Å². The van der Waals surface area contributed by atoms with Crippen LogP contribution in [-0.4, -0.2) is 31.7 Å². The zero-order valence-corrected chi connectivity index (χ0v) is 14.9. The number of carbonyl (C=O) groups excluding carboxylic acids is 1. The summed E-state index contributed by atoms with van der Waals surface area (Å²) >= 11 is 7.38. The number of hydrogen-bond donors (Lipinski definition) is 0. The molecule has 120 valence electrons. The number of halogens is 1. The molecule has 0 fully saturated rings. The average molecular weight is 341 g/mol. The fourth-order valence-electron chi connectivity index (χ4n) is 2.08. The van der Waals surface area contributed by atoms with E-state index in [-0.39, 0.29) is 23.4 Å². The molecule has 0 radical (unpaired) electrons. The molecule has 1 unspecified atom stereocenters. The molecule has 22 heavy (non-hydrogen) atoms. The molecule has 7 heteroatoms. The SMILES string of the molecule is CC(c1ccsc1)N(Cc1cn(C(C)(C)C)nn1)C(=O)CCl. The van der Waals surface area contributed by atoms with E-state index in [4.69, 9.17) is 11.6 Å². The molecule has 0 saturated heterocycles. The number of amides is 1. The molecule has 0 N–H and O–H groups in total. The number of rotatable bonds is 5. The normalized spacial score (nSPS) is 13.1. The molecule has 5 nitrogen and oxygen atoms in total. The summed E-state index contributed by atoms with van der Waals surface area (Å²) in [5.74, 6) is -0.146. The largest absolute Gasteiger partial charge is 0.329 e. The van der Waals surface area contributed by atoms with Crippen molar-refractivity contribution in [3.63, 3.8) is 0 Å². The summed E-state index contributed by atoms with van der Waals surface area (Å²) in [4.78, 5) is 13.9. The number of hydrogen-bond acceptors (Lipinski definition) is 4. The van der Waals surface area contributed by atoms with Crippen LogP contribution in [0.3, 0.4) is 0 Å². The van der Waals surface area contributed by atoms with Gasteiger partial charge in [0.05, 0.1) is 24.3 Å². The fraction of sp³-hybridized carbons (Fsp3) is 0.533. The Hall–Kier alpha value is -1.40. The van der Waals surface area contributed by atoms with Gasteiger partial charge in [-0.2, -0.15) is 11.3 Å². The molecule has 0 saturated carbocycles. The first kappa shape index (κ1) is 17.0. The third-order valence-electron chi connectivity index (χ3n) is 3.49.